The molecule has 0 atom stereocenters. The Hall–Kier alpha value is -2.42. The highest BCUT2D eigenvalue weighted by atomic mass is 16.6. The highest BCUT2D eigenvalue weighted by molar-refractivity contribution is 6.01. The van der Waals surface area contributed by atoms with Crippen molar-refractivity contribution in [3.8, 4) is 11.8 Å². The Balaban J connectivity index is 3.65. The van der Waals surface area contributed by atoms with Crippen molar-refractivity contribution in [2.45, 2.75) is 6.92 Å². The van der Waals surface area contributed by atoms with Gasteiger partial charge in [-0.25, -0.2) is 0 Å². The van der Waals surface area contributed by atoms with Crippen LogP contribution in [0, 0.1) is 21.4 Å². The number of ether oxygens (including phenoxy) is 1. The quantitative estimate of drug-likeness (QED) is 0.438. The standard InChI is InChI=1S/C10H8N2O4/c1-6(13)10-7(5-11)9(16-2)4-3-8(10)12(14)15/h3-4H,1-2H3. The fourth-order valence-corrected chi connectivity index (χ4v) is 1.36. The minimum Gasteiger partial charge on any atom is -0.495 e. The fourth-order valence-electron chi connectivity index (χ4n) is 1.36. The molecular formula is C10H8N2O4. The summed E-state index contributed by atoms with van der Waals surface area (Å²) in [6, 6.07) is 4.19. The largest absolute Gasteiger partial charge is 0.495 e. The van der Waals surface area contributed by atoms with E-state index in [-0.39, 0.29) is 22.6 Å². The molecular weight excluding hydrogens is 212 g/mol. The van der Waals surface area contributed by atoms with Crippen LogP contribution in [-0.2, 0) is 0 Å². The van der Waals surface area contributed by atoms with E-state index in [0.29, 0.717) is 0 Å². The van der Waals surface area contributed by atoms with Gasteiger partial charge in [-0.2, -0.15) is 5.26 Å². The van der Waals surface area contributed by atoms with E-state index in [1.165, 1.54) is 20.1 Å². The van der Waals surface area contributed by atoms with E-state index in [1.807, 2.05) is 0 Å². The van der Waals surface area contributed by atoms with Crippen molar-refractivity contribution in [1.82, 2.24) is 0 Å². The first-order chi connectivity index (χ1) is 7.52. The van der Waals surface area contributed by atoms with Gasteiger partial charge in [-0.15, -0.1) is 0 Å². The number of carbonyl (C=O) groups excluding carboxylic acids is 1. The molecule has 0 aliphatic carbocycles. The summed E-state index contributed by atoms with van der Waals surface area (Å²) in [6.45, 7) is 1.17. The van der Waals surface area contributed by atoms with Crippen LogP contribution in [0.5, 0.6) is 5.75 Å². The van der Waals surface area contributed by atoms with Crippen LogP contribution in [0.15, 0.2) is 12.1 Å². The number of nitro benzene ring substituents is 1. The Labute approximate surface area is 91.2 Å². The van der Waals surface area contributed by atoms with Gasteiger partial charge < -0.3 is 4.74 Å². The van der Waals surface area contributed by atoms with Crippen LogP contribution < -0.4 is 4.74 Å². The number of hydrogen-bond donors (Lipinski definition) is 0. The molecule has 0 fully saturated rings. The summed E-state index contributed by atoms with van der Waals surface area (Å²) in [6.07, 6.45) is 0. The summed E-state index contributed by atoms with van der Waals surface area (Å²) in [4.78, 5) is 21.3. The van der Waals surface area contributed by atoms with E-state index >= 15 is 0 Å². The zero-order chi connectivity index (χ0) is 12.3. The number of Topliss-reactive ketones (excluding diaryl/α,β-unsaturated/α-hetero) is 1. The molecule has 0 aliphatic rings. The maximum absolute atomic E-state index is 11.3. The molecule has 0 saturated carbocycles. The summed E-state index contributed by atoms with van der Waals surface area (Å²) < 4.78 is 4.86. The van der Waals surface area contributed by atoms with Crippen molar-refractivity contribution in [3.05, 3.63) is 33.4 Å². The van der Waals surface area contributed by atoms with Gasteiger partial charge in [0, 0.05) is 6.07 Å². The summed E-state index contributed by atoms with van der Waals surface area (Å²) in [5.74, 6) is -0.388. The Morgan fingerprint density at radius 2 is 2.19 bits per heavy atom. The maximum Gasteiger partial charge on any atom is 0.281 e. The average molecular weight is 220 g/mol. The summed E-state index contributed by atoms with van der Waals surface area (Å²) >= 11 is 0. The van der Waals surface area contributed by atoms with E-state index < -0.39 is 10.7 Å². The lowest BCUT2D eigenvalue weighted by Crippen LogP contribution is -2.05. The van der Waals surface area contributed by atoms with E-state index in [4.69, 9.17) is 10.00 Å². The van der Waals surface area contributed by atoms with Gasteiger partial charge in [-0.05, 0) is 13.0 Å². The minimum absolute atomic E-state index is 0.107. The number of nitriles is 1. The summed E-state index contributed by atoms with van der Waals surface area (Å²) in [7, 11) is 1.33. The number of hydrogen-bond acceptors (Lipinski definition) is 5. The molecule has 0 aromatic heterocycles. The molecule has 6 heteroatoms. The summed E-state index contributed by atoms with van der Waals surface area (Å²) in [5, 5.41) is 19.6. The Morgan fingerprint density at radius 1 is 1.56 bits per heavy atom. The van der Waals surface area contributed by atoms with Gasteiger partial charge in [0.15, 0.2) is 5.78 Å². The number of ketones is 1. The van der Waals surface area contributed by atoms with Crippen LogP contribution in [0.25, 0.3) is 0 Å². The van der Waals surface area contributed by atoms with E-state index in [0.717, 1.165) is 6.07 Å². The van der Waals surface area contributed by atoms with E-state index in [9.17, 15) is 14.9 Å². The fraction of sp³-hybridized carbons (Fsp3) is 0.200. The van der Waals surface area contributed by atoms with Crippen molar-refractivity contribution < 1.29 is 14.5 Å². The summed E-state index contributed by atoms with van der Waals surface area (Å²) in [5.41, 5.74) is -0.707. The van der Waals surface area contributed by atoms with Gasteiger partial charge in [0.2, 0.25) is 0 Å². The molecule has 0 N–H and O–H groups in total. The second kappa shape index (κ2) is 4.40. The predicted octanol–water partition coefficient (Wildman–Crippen LogP) is 1.68. The average Bonchev–Trinajstić information content (AvgIpc) is 2.26. The van der Waals surface area contributed by atoms with Crippen molar-refractivity contribution >= 4 is 11.5 Å². The molecule has 0 saturated heterocycles. The van der Waals surface area contributed by atoms with Gasteiger partial charge in [0.25, 0.3) is 5.69 Å². The molecule has 1 rings (SSSR count). The van der Waals surface area contributed by atoms with Gasteiger partial charge in [-0.3, -0.25) is 14.9 Å². The molecule has 0 bridgehead atoms. The third kappa shape index (κ3) is 1.83. The molecule has 0 heterocycles. The van der Waals surface area contributed by atoms with E-state index in [2.05, 4.69) is 0 Å². The molecule has 6 nitrogen and oxygen atoms in total. The molecule has 1 aromatic carbocycles. The smallest absolute Gasteiger partial charge is 0.281 e. The first-order valence-electron chi connectivity index (χ1n) is 4.29. The van der Waals surface area contributed by atoms with Gasteiger partial charge >= 0.3 is 0 Å². The topological polar surface area (TPSA) is 93.2 Å². The number of methoxy groups -OCH3 is 1. The molecule has 16 heavy (non-hydrogen) atoms. The maximum atomic E-state index is 11.3. The van der Waals surface area contributed by atoms with Crippen LogP contribution in [0.4, 0.5) is 5.69 Å². The van der Waals surface area contributed by atoms with Gasteiger partial charge in [0.05, 0.1) is 12.0 Å². The number of nitrogens with zero attached hydrogens (tertiary/aromatic N) is 2. The third-order valence-corrected chi connectivity index (χ3v) is 2.03. The van der Waals surface area contributed by atoms with Crippen LogP contribution in [0.3, 0.4) is 0 Å². The Bertz CT molecular complexity index is 502. The lowest BCUT2D eigenvalue weighted by molar-refractivity contribution is -0.385. The molecule has 1 aromatic rings. The lowest BCUT2D eigenvalue weighted by atomic mass is 10.0. The highest BCUT2D eigenvalue weighted by Gasteiger charge is 2.24. The van der Waals surface area contributed by atoms with Crippen molar-refractivity contribution in [2.75, 3.05) is 7.11 Å². The highest BCUT2D eigenvalue weighted by Crippen LogP contribution is 2.29. The van der Waals surface area contributed by atoms with Crippen LogP contribution >= 0.6 is 0 Å². The SMILES string of the molecule is COc1ccc([N+](=O)[O-])c(C(C)=O)c1C#N. The molecule has 0 radical (unpaired) electrons. The number of nitro groups is 1. The zero-order valence-corrected chi connectivity index (χ0v) is 8.68. The van der Waals surface area contributed by atoms with Crippen molar-refractivity contribution in [2.24, 2.45) is 0 Å². The number of carbonyl (C=O) groups is 1. The molecule has 0 aliphatic heterocycles. The Morgan fingerprint density at radius 3 is 2.56 bits per heavy atom. The molecule has 0 amide bonds. The minimum atomic E-state index is -0.697. The first kappa shape index (κ1) is 11.7. The number of benzene rings is 1. The molecule has 0 spiro atoms. The molecule has 0 unspecified atom stereocenters. The third-order valence-electron chi connectivity index (χ3n) is 2.03. The second-order valence-corrected chi connectivity index (χ2v) is 2.96. The zero-order valence-electron chi connectivity index (χ0n) is 8.68. The van der Waals surface area contributed by atoms with Crippen LogP contribution in [0.2, 0.25) is 0 Å². The monoisotopic (exact) mass is 220 g/mol. The van der Waals surface area contributed by atoms with Crippen molar-refractivity contribution in [3.63, 3.8) is 0 Å². The van der Waals surface area contributed by atoms with Crippen molar-refractivity contribution in [1.29, 1.82) is 5.26 Å². The van der Waals surface area contributed by atoms with E-state index in [1.54, 1.807) is 6.07 Å². The van der Waals surface area contributed by atoms with Crippen LogP contribution in [-0.4, -0.2) is 17.8 Å². The number of rotatable bonds is 3. The normalized spacial score (nSPS) is 9.31. The lowest BCUT2D eigenvalue weighted by Gasteiger charge is -2.06. The molecule has 82 valence electrons. The second-order valence-electron chi connectivity index (χ2n) is 2.96. The van der Waals surface area contributed by atoms with Crippen LogP contribution in [0.1, 0.15) is 22.8 Å². The first-order valence-corrected chi connectivity index (χ1v) is 4.29. The Kier molecular flexibility index (Phi) is 3.20. The predicted molar refractivity (Wildman–Crippen MR) is 54.4 cm³/mol. The van der Waals surface area contributed by atoms with Gasteiger partial charge in [-0.1, -0.05) is 0 Å². The van der Waals surface area contributed by atoms with Gasteiger partial charge in [0.1, 0.15) is 22.9 Å².